The number of esters is 1. The van der Waals surface area contributed by atoms with E-state index in [1.165, 1.54) is 4.90 Å². The molecular formula is C24H28N2O4. The molecule has 0 aliphatic carbocycles. The van der Waals surface area contributed by atoms with Crippen LogP contribution in [0.4, 0.5) is 4.79 Å². The highest BCUT2D eigenvalue weighted by atomic mass is 16.5. The van der Waals surface area contributed by atoms with Crippen LogP contribution in [0.1, 0.15) is 35.2 Å². The number of amides is 2. The average Bonchev–Trinajstić information content (AvgIpc) is 2.70. The van der Waals surface area contributed by atoms with Gasteiger partial charge in [-0.3, -0.25) is 4.90 Å². The molecule has 6 heteroatoms. The summed E-state index contributed by atoms with van der Waals surface area (Å²) < 4.78 is 11.3. The Morgan fingerprint density at radius 2 is 1.73 bits per heavy atom. The van der Waals surface area contributed by atoms with Gasteiger partial charge in [0.1, 0.15) is 12.4 Å². The number of aryl methyl sites for hydroxylation is 3. The summed E-state index contributed by atoms with van der Waals surface area (Å²) in [5.41, 5.74) is 4.96. The van der Waals surface area contributed by atoms with Gasteiger partial charge in [0.2, 0.25) is 0 Å². The van der Waals surface area contributed by atoms with Gasteiger partial charge in [0.25, 0.3) is 0 Å². The van der Waals surface area contributed by atoms with Crippen LogP contribution in [0.25, 0.3) is 0 Å². The second kappa shape index (κ2) is 9.03. The first-order chi connectivity index (χ1) is 14.3. The Bertz CT molecular complexity index is 979. The van der Waals surface area contributed by atoms with Crippen LogP contribution < -0.4 is 10.1 Å². The molecule has 0 saturated carbocycles. The molecule has 2 aromatic carbocycles. The standard InChI is InChI=1S/C24H28N2O4/c1-6-29-23(27)21-20(14-30-18-10-7-15(2)8-11-18)26(5)24(28)25-22(21)19-12-9-16(3)13-17(19)4/h7-13,22H,6,14H2,1-5H3,(H,25,28). The van der Waals surface area contributed by atoms with E-state index in [0.29, 0.717) is 17.0 Å². The van der Waals surface area contributed by atoms with Crippen molar-refractivity contribution in [3.8, 4) is 5.75 Å². The van der Waals surface area contributed by atoms with Crippen molar-refractivity contribution in [3.63, 3.8) is 0 Å². The van der Waals surface area contributed by atoms with E-state index in [0.717, 1.165) is 22.3 Å². The van der Waals surface area contributed by atoms with Gasteiger partial charge in [0.05, 0.1) is 23.9 Å². The van der Waals surface area contributed by atoms with E-state index in [1.54, 1.807) is 14.0 Å². The largest absolute Gasteiger partial charge is 0.487 e. The third-order valence-electron chi connectivity index (χ3n) is 5.21. The molecule has 0 bridgehead atoms. The fourth-order valence-corrected chi connectivity index (χ4v) is 3.55. The Morgan fingerprint density at radius 3 is 2.37 bits per heavy atom. The van der Waals surface area contributed by atoms with Crippen molar-refractivity contribution < 1.29 is 19.1 Å². The van der Waals surface area contributed by atoms with Crippen LogP contribution in [0.5, 0.6) is 5.75 Å². The fourth-order valence-electron chi connectivity index (χ4n) is 3.55. The zero-order chi connectivity index (χ0) is 21.8. The number of carbonyl (C=O) groups is 2. The minimum atomic E-state index is -0.607. The number of hydrogen-bond donors (Lipinski definition) is 1. The van der Waals surface area contributed by atoms with Crippen molar-refractivity contribution >= 4 is 12.0 Å². The molecule has 30 heavy (non-hydrogen) atoms. The molecule has 0 aromatic heterocycles. The van der Waals surface area contributed by atoms with Gasteiger partial charge in [-0.25, -0.2) is 9.59 Å². The number of rotatable bonds is 6. The van der Waals surface area contributed by atoms with Crippen LogP contribution in [0.2, 0.25) is 0 Å². The van der Waals surface area contributed by atoms with Gasteiger partial charge in [-0.2, -0.15) is 0 Å². The second-order valence-electron chi connectivity index (χ2n) is 7.48. The van der Waals surface area contributed by atoms with Gasteiger partial charge < -0.3 is 14.8 Å². The van der Waals surface area contributed by atoms with Crippen LogP contribution in [0, 0.1) is 20.8 Å². The third kappa shape index (κ3) is 4.48. The summed E-state index contributed by atoms with van der Waals surface area (Å²) in [6.07, 6.45) is 0. The molecule has 0 radical (unpaired) electrons. The van der Waals surface area contributed by atoms with E-state index < -0.39 is 12.0 Å². The van der Waals surface area contributed by atoms with Crippen LogP contribution in [0.15, 0.2) is 53.7 Å². The molecule has 1 heterocycles. The lowest BCUT2D eigenvalue weighted by Gasteiger charge is -2.35. The number of nitrogens with zero attached hydrogens (tertiary/aromatic N) is 1. The summed E-state index contributed by atoms with van der Waals surface area (Å²) in [5, 5.41) is 2.94. The molecule has 1 N–H and O–H groups in total. The molecule has 1 unspecified atom stereocenters. The number of benzene rings is 2. The minimum absolute atomic E-state index is 0.0720. The lowest BCUT2D eigenvalue weighted by atomic mass is 9.91. The predicted molar refractivity (Wildman–Crippen MR) is 115 cm³/mol. The Morgan fingerprint density at radius 1 is 1.07 bits per heavy atom. The zero-order valence-corrected chi connectivity index (χ0v) is 18.1. The van der Waals surface area contributed by atoms with E-state index in [4.69, 9.17) is 9.47 Å². The van der Waals surface area contributed by atoms with E-state index in [-0.39, 0.29) is 19.2 Å². The monoisotopic (exact) mass is 408 g/mol. The van der Waals surface area contributed by atoms with Gasteiger partial charge in [-0.05, 0) is 51.0 Å². The van der Waals surface area contributed by atoms with Crippen LogP contribution in [-0.4, -0.2) is 37.2 Å². The smallest absolute Gasteiger partial charge is 0.338 e. The van der Waals surface area contributed by atoms with E-state index >= 15 is 0 Å². The number of nitrogens with one attached hydrogen (secondary N) is 1. The number of carbonyl (C=O) groups excluding carboxylic acids is 2. The SMILES string of the molecule is CCOC(=O)C1=C(COc2ccc(C)cc2)N(C)C(=O)NC1c1ccc(C)cc1C. The average molecular weight is 408 g/mol. The topological polar surface area (TPSA) is 67.9 Å². The molecule has 3 rings (SSSR count). The quantitative estimate of drug-likeness (QED) is 0.728. The lowest BCUT2D eigenvalue weighted by Crippen LogP contribution is -2.48. The first kappa shape index (κ1) is 21.4. The Kier molecular flexibility index (Phi) is 6.45. The molecule has 1 aliphatic heterocycles. The molecule has 158 valence electrons. The molecule has 1 aliphatic rings. The molecule has 2 aromatic rings. The van der Waals surface area contributed by atoms with E-state index in [9.17, 15) is 9.59 Å². The maximum absolute atomic E-state index is 13.0. The summed E-state index contributed by atoms with van der Waals surface area (Å²) in [4.78, 5) is 27.1. The first-order valence-corrected chi connectivity index (χ1v) is 10.0. The van der Waals surface area contributed by atoms with Crippen molar-refractivity contribution in [2.45, 2.75) is 33.7 Å². The number of likely N-dealkylation sites (N-methyl/N-ethyl adjacent to an activating group) is 1. The number of hydrogen-bond acceptors (Lipinski definition) is 4. The summed E-state index contributed by atoms with van der Waals surface area (Å²) >= 11 is 0. The normalized spacial score (nSPS) is 16.4. The van der Waals surface area contributed by atoms with Gasteiger partial charge in [0.15, 0.2) is 0 Å². The summed E-state index contributed by atoms with van der Waals surface area (Å²) in [6, 6.07) is 12.7. The number of urea groups is 1. The summed E-state index contributed by atoms with van der Waals surface area (Å²) in [5.74, 6) is 0.204. The van der Waals surface area contributed by atoms with Crippen molar-refractivity contribution in [1.82, 2.24) is 10.2 Å². The highest BCUT2D eigenvalue weighted by Crippen LogP contribution is 2.33. The molecule has 6 nitrogen and oxygen atoms in total. The molecule has 0 fully saturated rings. The molecule has 0 spiro atoms. The van der Waals surface area contributed by atoms with Gasteiger partial charge in [-0.15, -0.1) is 0 Å². The summed E-state index contributed by atoms with van der Waals surface area (Å²) in [6.45, 7) is 8.05. The lowest BCUT2D eigenvalue weighted by molar-refractivity contribution is -0.139. The minimum Gasteiger partial charge on any atom is -0.487 e. The van der Waals surface area contributed by atoms with Gasteiger partial charge >= 0.3 is 12.0 Å². The molecule has 2 amide bonds. The van der Waals surface area contributed by atoms with Crippen molar-refractivity contribution in [3.05, 3.63) is 76.0 Å². The molecule has 1 atom stereocenters. The number of ether oxygens (including phenoxy) is 2. The maximum atomic E-state index is 13.0. The van der Waals surface area contributed by atoms with Crippen molar-refractivity contribution in [2.24, 2.45) is 0 Å². The van der Waals surface area contributed by atoms with Gasteiger partial charge in [-0.1, -0.05) is 41.5 Å². The van der Waals surface area contributed by atoms with Crippen molar-refractivity contribution in [2.75, 3.05) is 20.3 Å². The second-order valence-corrected chi connectivity index (χ2v) is 7.48. The van der Waals surface area contributed by atoms with Crippen LogP contribution in [-0.2, 0) is 9.53 Å². The van der Waals surface area contributed by atoms with Gasteiger partial charge in [0, 0.05) is 7.05 Å². The Hall–Kier alpha value is -3.28. The van der Waals surface area contributed by atoms with E-state index in [1.807, 2.05) is 63.2 Å². The fraction of sp³-hybridized carbons (Fsp3) is 0.333. The van der Waals surface area contributed by atoms with Crippen LogP contribution in [0.3, 0.4) is 0 Å². The molecular weight excluding hydrogens is 380 g/mol. The molecule has 0 saturated heterocycles. The Labute approximate surface area is 177 Å². The third-order valence-corrected chi connectivity index (χ3v) is 5.21. The van der Waals surface area contributed by atoms with Crippen LogP contribution >= 0.6 is 0 Å². The Balaban J connectivity index is 2.05. The first-order valence-electron chi connectivity index (χ1n) is 10.0. The maximum Gasteiger partial charge on any atom is 0.338 e. The highest BCUT2D eigenvalue weighted by Gasteiger charge is 2.37. The van der Waals surface area contributed by atoms with Crippen molar-refractivity contribution in [1.29, 1.82) is 0 Å². The summed E-state index contributed by atoms with van der Waals surface area (Å²) in [7, 11) is 1.63. The highest BCUT2D eigenvalue weighted by molar-refractivity contribution is 5.95. The van der Waals surface area contributed by atoms with E-state index in [2.05, 4.69) is 5.32 Å². The zero-order valence-electron chi connectivity index (χ0n) is 18.1. The predicted octanol–water partition coefficient (Wildman–Crippen LogP) is 4.20.